The molecule has 2 rings (SSSR count). The van der Waals surface area contributed by atoms with E-state index in [1.807, 2.05) is 0 Å². The quantitative estimate of drug-likeness (QED) is 0.821. The van der Waals surface area contributed by atoms with Crippen molar-refractivity contribution < 1.29 is 14.3 Å². The van der Waals surface area contributed by atoms with Gasteiger partial charge in [0.25, 0.3) is 0 Å². The topological polar surface area (TPSA) is 68.4 Å². The van der Waals surface area contributed by atoms with Crippen LogP contribution in [0.3, 0.4) is 0 Å². The van der Waals surface area contributed by atoms with Crippen LogP contribution in [-0.4, -0.2) is 32.6 Å². The van der Waals surface area contributed by atoms with Crippen LogP contribution < -0.4 is 10.2 Å². The van der Waals surface area contributed by atoms with E-state index in [4.69, 9.17) is 4.74 Å². The van der Waals surface area contributed by atoms with E-state index in [0.717, 1.165) is 0 Å². The number of nitrogens with one attached hydrogen (secondary N) is 1. The van der Waals surface area contributed by atoms with Crippen molar-refractivity contribution >= 4 is 17.2 Å². The lowest BCUT2D eigenvalue weighted by Crippen LogP contribution is -2.04. The van der Waals surface area contributed by atoms with E-state index in [-0.39, 0.29) is 11.1 Å². The van der Waals surface area contributed by atoms with E-state index in [0.29, 0.717) is 22.9 Å². The van der Waals surface area contributed by atoms with Gasteiger partial charge in [-0.2, -0.15) is 0 Å². The molecule has 2 aromatic rings. The molecule has 0 aliphatic rings. The fraction of sp³-hybridized carbons (Fsp3) is 0.231. The lowest BCUT2D eigenvalue weighted by molar-refractivity contribution is 0.111. The predicted molar refractivity (Wildman–Crippen MR) is 69.4 cm³/mol. The zero-order valence-corrected chi connectivity index (χ0v) is 10.5. The number of methoxy groups -OCH3 is 2. The highest BCUT2D eigenvalue weighted by Gasteiger charge is 2.02. The van der Waals surface area contributed by atoms with Crippen LogP contribution in [0.25, 0.3) is 10.9 Å². The first-order valence-electron chi connectivity index (χ1n) is 5.22. The summed E-state index contributed by atoms with van der Waals surface area (Å²) in [5.41, 5.74) is 0.716. The summed E-state index contributed by atoms with van der Waals surface area (Å²) in [6.07, 6.45) is 0.616. The normalized spacial score (nSPS) is 9.50. The van der Waals surface area contributed by atoms with Gasteiger partial charge >= 0.3 is 0 Å². The molecule has 5 nitrogen and oxygen atoms in total. The number of aromatic nitrogens is 1. The number of carbonyl (C=O) groups is 1. The molecule has 1 aromatic heterocycles. The molecule has 1 N–H and O–H groups in total. The van der Waals surface area contributed by atoms with E-state index in [9.17, 15) is 9.59 Å². The monoisotopic (exact) mass is 249 g/mol. The largest absolute Gasteiger partial charge is 0.497 e. The van der Waals surface area contributed by atoms with Gasteiger partial charge in [-0.05, 0) is 18.2 Å². The van der Waals surface area contributed by atoms with Crippen LogP contribution in [0.1, 0.15) is 10.5 Å². The maximum absolute atomic E-state index is 11.6. The Bertz CT molecular complexity index is 589. The Hall–Kier alpha value is -2.14. The van der Waals surface area contributed by atoms with Crippen LogP contribution in [0.2, 0.25) is 0 Å². The first-order chi connectivity index (χ1) is 8.65. The van der Waals surface area contributed by atoms with Crippen LogP contribution in [-0.2, 0) is 4.74 Å². The van der Waals surface area contributed by atoms with Crippen molar-refractivity contribution in [3.05, 3.63) is 40.2 Å². The Morgan fingerprint density at radius 2 is 1.83 bits per heavy atom. The lowest BCUT2D eigenvalue weighted by Gasteiger charge is -2.02. The molecule has 1 aromatic carbocycles. The van der Waals surface area contributed by atoms with E-state index in [1.54, 1.807) is 32.4 Å². The number of fused-ring (bicyclic) bond motifs is 1. The first kappa shape index (κ1) is 13.9. The van der Waals surface area contributed by atoms with Crippen molar-refractivity contribution in [3.63, 3.8) is 0 Å². The van der Waals surface area contributed by atoms with Crippen molar-refractivity contribution in [1.29, 1.82) is 0 Å². The molecule has 0 bridgehead atoms. The zero-order chi connectivity index (χ0) is 13.5. The second-order valence-electron chi connectivity index (χ2n) is 3.53. The molecule has 0 fully saturated rings. The SMILES string of the molecule is COC.COc1ccc2[nH]c(C=O)cc(=O)c2c1. The van der Waals surface area contributed by atoms with E-state index < -0.39 is 0 Å². The lowest BCUT2D eigenvalue weighted by atomic mass is 10.2. The van der Waals surface area contributed by atoms with Gasteiger partial charge in [-0.1, -0.05) is 0 Å². The summed E-state index contributed by atoms with van der Waals surface area (Å²) in [7, 11) is 4.79. The Morgan fingerprint density at radius 3 is 2.39 bits per heavy atom. The summed E-state index contributed by atoms with van der Waals surface area (Å²) in [6, 6.07) is 6.35. The van der Waals surface area contributed by atoms with Gasteiger partial charge in [-0.3, -0.25) is 9.59 Å². The molecule has 18 heavy (non-hydrogen) atoms. The molecule has 0 spiro atoms. The van der Waals surface area contributed by atoms with Crippen LogP contribution in [0.4, 0.5) is 0 Å². The van der Waals surface area contributed by atoms with Gasteiger partial charge in [0.2, 0.25) is 0 Å². The molecular weight excluding hydrogens is 234 g/mol. The van der Waals surface area contributed by atoms with Gasteiger partial charge in [-0.25, -0.2) is 0 Å². The van der Waals surface area contributed by atoms with Gasteiger partial charge < -0.3 is 14.5 Å². The van der Waals surface area contributed by atoms with Crippen molar-refractivity contribution in [3.8, 4) is 5.75 Å². The summed E-state index contributed by atoms with van der Waals surface area (Å²) < 4.78 is 9.26. The average molecular weight is 249 g/mol. The van der Waals surface area contributed by atoms with E-state index in [1.165, 1.54) is 13.2 Å². The minimum absolute atomic E-state index is 0.190. The van der Waals surface area contributed by atoms with E-state index >= 15 is 0 Å². The number of pyridine rings is 1. The van der Waals surface area contributed by atoms with Gasteiger partial charge in [0.15, 0.2) is 11.7 Å². The number of hydrogen-bond donors (Lipinski definition) is 1. The maximum Gasteiger partial charge on any atom is 0.190 e. The number of hydrogen-bond acceptors (Lipinski definition) is 4. The fourth-order valence-corrected chi connectivity index (χ4v) is 1.44. The van der Waals surface area contributed by atoms with Crippen molar-refractivity contribution in [2.45, 2.75) is 0 Å². The third kappa shape index (κ3) is 3.18. The number of H-pyrrole nitrogens is 1. The Kier molecular flexibility index (Phi) is 5.07. The summed E-state index contributed by atoms with van der Waals surface area (Å²) in [5.74, 6) is 0.617. The number of benzene rings is 1. The molecule has 0 unspecified atom stereocenters. The summed E-state index contributed by atoms with van der Waals surface area (Å²) in [4.78, 5) is 25.0. The predicted octanol–water partition coefficient (Wildman–Crippen LogP) is 1.61. The van der Waals surface area contributed by atoms with Crippen LogP contribution in [0.5, 0.6) is 5.75 Å². The molecule has 96 valence electrons. The summed E-state index contributed by atoms with van der Waals surface area (Å²) in [5, 5.41) is 0.514. The first-order valence-corrected chi connectivity index (χ1v) is 5.22. The number of ether oxygens (including phenoxy) is 2. The zero-order valence-electron chi connectivity index (χ0n) is 10.5. The third-order valence-electron chi connectivity index (χ3n) is 2.18. The molecule has 0 atom stereocenters. The van der Waals surface area contributed by atoms with Crippen LogP contribution >= 0.6 is 0 Å². The number of rotatable bonds is 2. The Morgan fingerprint density at radius 1 is 1.17 bits per heavy atom. The van der Waals surface area contributed by atoms with E-state index in [2.05, 4.69) is 9.72 Å². The Balaban J connectivity index is 0.000000492. The molecular formula is C13H15NO4. The minimum atomic E-state index is -0.190. The van der Waals surface area contributed by atoms with Crippen LogP contribution in [0, 0.1) is 0 Å². The van der Waals surface area contributed by atoms with Gasteiger partial charge in [-0.15, -0.1) is 0 Å². The maximum atomic E-state index is 11.6. The van der Waals surface area contributed by atoms with Crippen molar-refractivity contribution in [2.75, 3.05) is 21.3 Å². The number of aldehydes is 1. The fourth-order valence-electron chi connectivity index (χ4n) is 1.44. The summed E-state index contributed by atoms with van der Waals surface area (Å²) in [6.45, 7) is 0. The highest BCUT2D eigenvalue weighted by atomic mass is 16.5. The second kappa shape index (κ2) is 6.56. The molecule has 1 heterocycles. The molecule has 0 aliphatic heterocycles. The average Bonchev–Trinajstić information content (AvgIpc) is 2.39. The molecule has 0 saturated heterocycles. The van der Waals surface area contributed by atoms with Gasteiger partial charge in [0, 0.05) is 25.7 Å². The smallest absolute Gasteiger partial charge is 0.190 e. The van der Waals surface area contributed by atoms with Crippen molar-refractivity contribution in [2.24, 2.45) is 0 Å². The standard InChI is InChI=1S/C11H9NO3.C2H6O/c1-15-8-2-3-10-9(5-8)11(14)4-7(6-13)12-10;1-3-2/h2-6H,1H3,(H,12,14);1-2H3. The highest BCUT2D eigenvalue weighted by Crippen LogP contribution is 2.16. The van der Waals surface area contributed by atoms with Crippen molar-refractivity contribution in [1.82, 2.24) is 4.98 Å². The van der Waals surface area contributed by atoms with Gasteiger partial charge in [0.1, 0.15) is 5.75 Å². The molecule has 0 radical (unpaired) electrons. The molecule has 0 amide bonds. The number of carbonyl (C=O) groups excluding carboxylic acids is 1. The molecule has 5 heteroatoms. The number of aromatic amines is 1. The third-order valence-corrected chi connectivity index (χ3v) is 2.18. The second-order valence-corrected chi connectivity index (χ2v) is 3.53. The Labute approximate surface area is 104 Å². The van der Waals surface area contributed by atoms with Gasteiger partial charge in [0.05, 0.1) is 18.3 Å². The van der Waals surface area contributed by atoms with Crippen LogP contribution in [0.15, 0.2) is 29.1 Å². The molecule has 0 saturated carbocycles. The summed E-state index contributed by atoms with van der Waals surface area (Å²) >= 11 is 0. The molecule has 0 aliphatic carbocycles. The minimum Gasteiger partial charge on any atom is -0.497 e. The highest BCUT2D eigenvalue weighted by molar-refractivity contribution is 5.84.